The molecule has 0 spiro atoms. The summed E-state index contributed by atoms with van der Waals surface area (Å²) in [6.45, 7) is 0.0570. The number of carbonyl (C=O) groups excluding carboxylic acids is 3. The Morgan fingerprint density at radius 3 is 2.50 bits per heavy atom. The van der Waals surface area contributed by atoms with Gasteiger partial charge < -0.3 is 4.74 Å². The van der Waals surface area contributed by atoms with E-state index >= 15 is 0 Å². The Labute approximate surface area is 140 Å². The van der Waals surface area contributed by atoms with Crippen molar-refractivity contribution in [3.8, 4) is 11.8 Å². The number of hydrogen-bond donors (Lipinski definition) is 0. The summed E-state index contributed by atoms with van der Waals surface area (Å²) in [5.41, 5.74) is 0.397. The first-order valence-corrected chi connectivity index (χ1v) is 8.16. The van der Waals surface area contributed by atoms with Crippen molar-refractivity contribution >= 4 is 17.8 Å². The molecule has 3 rings (SSSR count). The van der Waals surface area contributed by atoms with Gasteiger partial charge >= 0.3 is 5.97 Å². The number of ether oxygens (including phenoxy) is 1. The van der Waals surface area contributed by atoms with Gasteiger partial charge in [-0.3, -0.25) is 19.3 Å². The number of nitriles is 1. The minimum Gasteiger partial charge on any atom is -0.426 e. The van der Waals surface area contributed by atoms with Crippen LogP contribution < -0.4 is 4.74 Å². The molecule has 1 heterocycles. The van der Waals surface area contributed by atoms with E-state index in [-0.39, 0.29) is 42.4 Å². The van der Waals surface area contributed by atoms with E-state index in [1.165, 1.54) is 11.0 Å². The number of fused-ring (bicyclic) bond motifs is 1. The Hall–Kier alpha value is -2.68. The molecule has 1 aliphatic carbocycles. The summed E-state index contributed by atoms with van der Waals surface area (Å²) in [6, 6.07) is 8.26. The third kappa shape index (κ3) is 3.16. The molecule has 0 bridgehead atoms. The fourth-order valence-corrected chi connectivity index (χ4v) is 3.47. The first kappa shape index (κ1) is 16.2. The maximum Gasteiger partial charge on any atom is 0.312 e. The van der Waals surface area contributed by atoms with Gasteiger partial charge in [-0.2, -0.15) is 5.26 Å². The topological polar surface area (TPSA) is 87.5 Å². The molecule has 0 aromatic heterocycles. The van der Waals surface area contributed by atoms with Crippen LogP contribution in [0.1, 0.15) is 37.7 Å². The van der Waals surface area contributed by atoms with E-state index in [4.69, 9.17) is 10.00 Å². The van der Waals surface area contributed by atoms with E-state index < -0.39 is 5.97 Å². The monoisotopic (exact) mass is 326 g/mol. The predicted molar refractivity (Wildman–Crippen MR) is 83.6 cm³/mol. The smallest absolute Gasteiger partial charge is 0.312 e. The predicted octanol–water partition coefficient (Wildman–Crippen LogP) is 2.03. The zero-order valence-electron chi connectivity index (χ0n) is 13.2. The molecule has 2 amide bonds. The number of amides is 2. The summed E-state index contributed by atoms with van der Waals surface area (Å²) in [7, 11) is 0. The standard InChI is InChI=1S/C18H18N2O4/c19-11-12-4-3-5-13(10-12)24-16(21)8-9-20-17(22)14-6-1-2-7-15(14)18(20)23/h3-5,10,14-15H,1-2,6-9H2/t14-,15+. The van der Waals surface area contributed by atoms with Crippen molar-refractivity contribution < 1.29 is 19.1 Å². The third-order valence-electron chi connectivity index (χ3n) is 4.67. The molecule has 2 fully saturated rings. The molecule has 6 heteroatoms. The molecule has 2 aliphatic rings. The highest BCUT2D eigenvalue weighted by atomic mass is 16.5. The Balaban J connectivity index is 1.57. The first-order chi connectivity index (χ1) is 11.6. The minimum atomic E-state index is -0.527. The number of rotatable bonds is 4. The largest absolute Gasteiger partial charge is 0.426 e. The number of benzene rings is 1. The van der Waals surface area contributed by atoms with E-state index in [0.29, 0.717) is 5.56 Å². The molecule has 1 aliphatic heterocycles. The van der Waals surface area contributed by atoms with Crippen LogP contribution in [0.2, 0.25) is 0 Å². The second-order valence-corrected chi connectivity index (χ2v) is 6.19. The van der Waals surface area contributed by atoms with Crippen LogP contribution in [0.4, 0.5) is 0 Å². The molecule has 6 nitrogen and oxygen atoms in total. The SMILES string of the molecule is N#Cc1cccc(OC(=O)CCN2C(=O)[C@H]3CCCC[C@H]3C2=O)c1. The van der Waals surface area contributed by atoms with Crippen molar-refractivity contribution in [2.45, 2.75) is 32.1 Å². The van der Waals surface area contributed by atoms with Crippen LogP contribution in [0.3, 0.4) is 0 Å². The molecule has 0 N–H and O–H groups in total. The number of imide groups is 1. The quantitative estimate of drug-likeness (QED) is 0.480. The van der Waals surface area contributed by atoms with Gasteiger partial charge in [0.1, 0.15) is 5.75 Å². The van der Waals surface area contributed by atoms with Crippen LogP contribution >= 0.6 is 0 Å². The summed E-state index contributed by atoms with van der Waals surface area (Å²) in [4.78, 5) is 37.8. The number of likely N-dealkylation sites (tertiary alicyclic amines) is 1. The van der Waals surface area contributed by atoms with E-state index in [1.807, 2.05) is 6.07 Å². The molecule has 0 radical (unpaired) electrons. The van der Waals surface area contributed by atoms with Crippen molar-refractivity contribution in [3.63, 3.8) is 0 Å². The van der Waals surface area contributed by atoms with Crippen molar-refractivity contribution in [2.24, 2.45) is 11.8 Å². The molecule has 2 atom stereocenters. The Morgan fingerprint density at radius 1 is 1.21 bits per heavy atom. The lowest BCUT2D eigenvalue weighted by atomic mass is 9.81. The number of carbonyl (C=O) groups is 3. The molecule has 1 aromatic rings. The molecular weight excluding hydrogens is 308 g/mol. The summed E-state index contributed by atoms with van der Waals surface area (Å²) >= 11 is 0. The summed E-state index contributed by atoms with van der Waals surface area (Å²) < 4.78 is 5.17. The van der Waals surface area contributed by atoms with Crippen molar-refractivity contribution in [1.29, 1.82) is 5.26 Å². The highest BCUT2D eigenvalue weighted by Crippen LogP contribution is 2.37. The minimum absolute atomic E-state index is 0.0479. The number of esters is 1. The molecule has 124 valence electrons. The fourth-order valence-electron chi connectivity index (χ4n) is 3.47. The zero-order chi connectivity index (χ0) is 17.1. The van der Waals surface area contributed by atoms with E-state index in [0.717, 1.165) is 25.7 Å². The first-order valence-electron chi connectivity index (χ1n) is 8.16. The number of nitrogens with zero attached hydrogens (tertiary/aromatic N) is 2. The van der Waals surface area contributed by atoms with Gasteiger partial charge in [0, 0.05) is 6.54 Å². The highest BCUT2D eigenvalue weighted by molar-refractivity contribution is 6.05. The maximum atomic E-state index is 12.3. The van der Waals surface area contributed by atoms with Gasteiger partial charge in [0.2, 0.25) is 11.8 Å². The Morgan fingerprint density at radius 2 is 1.88 bits per heavy atom. The second kappa shape index (κ2) is 6.83. The molecule has 1 saturated carbocycles. The van der Waals surface area contributed by atoms with Gasteiger partial charge in [0.05, 0.1) is 29.9 Å². The highest BCUT2D eigenvalue weighted by Gasteiger charge is 2.47. The Bertz CT molecular complexity index is 698. The second-order valence-electron chi connectivity index (χ2n) is 6.19. The van der Waals surface area contributed by atoms with Gasteiger partial charge in [-0.15, -0.1) is 0 Å². The van der Waals surface area contributed by atoms with Crippen molar-refractivity contribution in [3.05, 3.63) is 29.8 Å². The van der Waals surface area contributed by atoms with E-state index in [1.54, 1.807) is 18.2 Å². The lowest BCUT2D eigenvalue weighted by Crippen LogP contribution is -2.33. The van der Waals surface area contributed by atoms with Crippen LogP contribution in [0.25, 0.3) is 0 Å². The average Bonchev–Trinajstić information content (AvgIpc) is 2.84. The van der Waals surface area contributed by atoms with Gasteiger partial charge in [-0.05, 0) is 31.0 Å². The maximum absolute atomic E-state index is 12.3. The summed E-state index contributed by atoms with van der Waals surface area (Å²) in [6.07, 6.45) is 3.43. The van der Waals surface area contributed by atoms with Crippen molar-refractivity contribution in [2.75, 3.05) is 6.54 Å². The lowest BCUT2D eigenvalue weighted by molar-refractivity contribution is -0.141. The van der Waals surface area contributed by atoms with Crippen LogP contribution in [0.15, 0.2) is 24.3 Å². The average molecular weight is 326 g/mol. The summed E-state index contributed by atoms with van der Waals surface area (Å²) in [5, 5.41) is 8.83. The molecule has 0 unspecified atom stereocenters. The molecular formula is C18H18N2O4. The van der Waals surface area contributed by atoms with Crippen LogP contribution in [0.5, 0.6) is 5.75 Å². The van der Waals surface area contributed by atoms with Crippen LogP contribution in [-0.2, 0) is 14.4 Å². The third-order valence-corrected chi connectivity index (χ3v) is 4.67. The zero-order valence-corrected chi connectivity index (χ0v) is 13.2. The molecule has 24 heavy (non-hydrogen) atoms. The summed E-state index contributed by atoms with van der Waals surface area (Å²) in [5.74, 6) is -0.940. The normalized spacial score (nSPS) is 22.9. The van der Waals surface area contributed by atoms with Crippen molar-refractivity contribution in [1.82, 2.24) is 4.90 Å². The Kier molecular flexibility index (Phi) is 4.61. The van der Waals surface area contributed by atoms with Gasteiger partial charge in [0.25, 0.3) is 0 Å². The lowest BCUT2D eigenvalue weighted by Gasteiger charge is -2.19. The van der Waals surface area contributed by atoms with Gasteiger partial charge in [0.15, 0.2) is 0 Å². The van der Waals surface area contributed by atoms with Gasteiger partial charge in [-0.1, -0.05) is 18.9 Å². The van der Waals surface area contributed by atoms with Crippen LogP contribution in [0, 0.1) is 23.2 Å². The fraction of sp³-hybridized carbons (Fsp3) is 0.444. The van der Waals surface area contributed by atoms with E-state index in [2.05, 4.69) is 0 Å². The van der Waals surface area contributed by atoms with Crippen LogP contribution in [-0.4, -0.2) is 29.2 Å². The molecule has 1 aromatic carbocycles. The number of hydrogen-bond acceptors (Lipinski definition) is 5. The molecule has 1 saturated heterocycles. The van der Waals surface area contributed by atoms with E-state index in [9.17, 15) is 14.4 Å². The van der Waals surface area contributed by atoms with Gasteiger partial charge in [-0.25, -0.2) is 0 Å².